The first-order valence-corrected chi connectivity index (χ1v) is 8.92. The van der Waals surface area contributed by atoms with Crippen molar-refractivity contribution in [3.63, 3.8) is 0 Å². The van der Waals surface area contributed by atoms with Crippen LogP contribution in [-0.4, -0.2) is 52.1 Å². The van der Waals surface area contributed by atoms with Crippen molar-refractivity contribution < 1.29 is 14.3 Å². The summed E-state index contributed by atoms with van der Waals surface area (Å²) >= 11 is 0. The Labute approximate surface area is 157 Å². The number of para-hydroxylation sites is 1. The third-order valence-electron chi connectivity index (χ3n) is 4.62. The molecule has 1 fully saturated rings. The number of likely N-dealkylation sites (tertiary alicyclic amines) is 1. The number of rotatable bonds is 4. The number of carbonyl (C=O) groups is 1. The molecule has 7 heteroatoms. The van der Waals surface area contributed by atoms with Crippen molar-refractivity contribution in [1.29, 1.82) is 0 Å². The number of hydrogen-bond donors (Lipinski definition) is 0. The van der Waals surface area contributed by atoms with Gasteiger partial charge in [-0.15, -0.1) is 0 Å². The second-order valence-corrected chi connectivity index (χ2v) is 6.38. The molecule has 1 aliphatic heterocycles. The molecule has 0 saturated carbocycles. The van der Waals surface area contributed by atoms with Crippen molar-refractivity contribution in [2.75, 3.05) is 20.2 Å². The molecule has 0 N–H and O–H groups in total. The van der Waals surface area contributed by atoms with Gasteiger partial charge in [-0.1, -0.05) is 24.3 Å². The monoisotopic (exact) mass is 364 g/mol. The number of pyridine rings is 1. The molecule has 3 aromatic rings. The molecule has 0 bridgehead atoms. The molecule has 0 radical (unpaired) electrons. The lowest BCUT2D eigenvalue weighted by atomic mass is 10.1. The molecule has 27 heavy (non-hydrogen) atoms. The van der Waals surface area contributed by atoms with Crippen LogP contribution >= 0.6 is 0 Å². The number of aromatic nitrogens is 3. The van der Waals surface area contributed by atoms with Gasteiger partial charge in [-0.05, 0) is 12.1 Å². The summed E-state index contributed by atoms with van der Waals surface area (Å²) in [6.07, 6.45) is 3.10. The fraction of sp³-hybridized carbons (Fsp3) is 0.300. The maximum Gasteiger partial charge on any atom is 0.319 e. The number of nitrogens with zero attached hydrogens (tertiary/aromatic N) is 4. The predicted molar refractivity (Wildman–Crippen MR) is 99.9 cm³/mol. The van der Waals surface area contributed by atoms with Gasteiger partial charge in [-0.3, -0.25) is 4.79 Å². The summed E-state index contributed by atoms with van der Waals surface area (Å²) in [5.74, 6) is 0.450. The van der Waals surface area contributed by atoms with Gasteiger partial charge >= 0.3 is 6.01 Å². The van der Waals surface area contributed by atoms with Gasteiger partial charge in [0.15, 0.2) is 0 Å². The summed E-state index contributed by atoms with van der Waals surface area (Å²) in [5, 5.41) is 1.03. The van der Waals surface area contributed by atoms with Crippen LogP contribution in [0.1, 0.15) is 23.3 Å². The molecule has 138 valence electrons. The lowest BCUT2D eigenvalue weighted by Gasteiger charge is -2.31. The second-order valence-electron chi connectivity index (χ2n) is 6.38. The lowest BCUT2D eigenvalue weighted by Crippen LogP contribution is -2.42. The SMILES string of the molecule is COc1nccc(OC2CCN(C(=O)c3ccc4ccccc4n3)CC2)n1. The average molecular weight is 364 g/mol. The number of piperidine rings is 1. The van der Waals surface area contributed by atoms with Gasteiger partial charge in [0, 0.05) is 43.6 Å². The highest BCUT2D eigenvalue weighted by molar-refractivity contribution is 5.94. The number of amides is 1. The van der Waals surface area contributed by atoms with Crippen LogP contribution < -0.4 is 9.47 Å². The Hall–Kier alpha value is -3.22. The first-order chi connectivity index (χ1) is 13.2. The van der Waals surface area contributed by atoms with E-state index in [0.717, 1.165) is 23.7 Å². The van der Waals surface area contributed by atoms with Crippen molar-refractivity contribution in [2.45, 2.75) is 18.9 Å². The normalized spacial score (nSPS) is 14.9. The number of ether oxygens (including phenoxy) is 2. The van der Waals surface area contributed by atoms with E-state index >= 15 is 0 Å². The Bertz CT molecular complexity index is 955. The summed E-state index contributed by atoms with van der Waals surface area (Å²) in [5.41, 5.74) is 1.31. The molecule has 4 rings (SSSR count). The van der Waals surface area contributed by atoms with E-state index in [9.17, 15) is 4.79 Å². The molecule has 1 aliphatic rings. The van der Waals surface area contributed by atoms with Gasteiger partial charge < -0.3 is 14.4 Å². The predicted octanol–water partition coefficient (Wildman–Crippen LogP) is 2.72. The van der Waals surface area contributed by atoms with Gasteiger partial charge in [-0.2, -0.15) is 4.98 Å². The standard InChI is InChI=1S/C20H20N4O3/c1-26-20-21-11-8-18(23-20)27-15-9-12-24(13-10-15)19(25)17-7-6-14-4-2-3-5-16(14)22-17/h2-8,11,15H,9-10,12-13H2,1H3. The van der Waals surface area contributed by atoms with Gasteiger partial charge in [0.1, 0.15) is 11.8 Å². The van der Waals surface area contributed by atoms with Crippen molar-refractivity contribution in [3.8, 4) is 11.9 Å². The molecule has 0 spiro atoms. The number of methoxy groups -OCH3 is 1. The largest absolute Gasteiger partial charge is 0.474 e. The van der Waals surface area contributed by atoms with Crippen molar-refractivity contribution in [1.82, 2.24) is 19.9 Å². The third-order valence-corrected chi connectivity index (χ3v) is 4.62. The van der Waals surface area contributed by atoms with Crippen molar-refractivity contribution in [3.05, 3.63) is 54.4 Å². The van der Waals surface area contributed by atoms with Crippen molar-refractivity contribution >= 4 is 16.8 Å². The second kappa shape index (κ2) is 7.57. The zero-order valence-corrected chi connectivity index (χ0v) is 15.0. The zero-order chi connectivity index (χ0) is 18.6. The molecule has 0 unspecified atom stereocenters. The van der Waals surface area contributed by atoms with E-state index in [1.165, 1.54) is 7.11 Å². The zero-order valence-electron chi connectivity index (χ0n) is 15.0. The molecule has 2 aromatic heterocycles. The summed E-state index contributed by atoms with van der Waals surface area (Å²) < 4.78 is 10.9. The Kier molecular flexibility index (Phi) is 4.82. The first-order valence-electron chi connectivity index (χ1n) is 8.92. The van der Waals surface area contributed by atoms with E-state index in [-0.39, 0.29) is 18.0 Å². The Morgan fingerprint density at radius 2 is 1.89 bits per heavy atom. The molecule has 0 aliphatic carbocycles. The Morgan fingerprint density at radius 3 is 2.70 bits per heavy atom. The molecule has 1 saturated heterocycles. The summed E-state index contributed by atoms with van der Waals surface area (Å²) in [4.78, 5) is 27.2. The van der Waals surface area contributed by atoms with E-state index < -0.39 is 0 Å². The minimum atomic E-state index is -0.0390. The lowest BCUT2D eigenvalue weighted by molar-refractivity contribution is 0.0581. The van der Waals surface area contributed by atoms with E-state index in [2.05, 4.69) is 15.0 Å². The highest BCUT2D eigenvalue weighted by Gasteiger charge is 2.25. The quantitative estimate of drug-likeness (QED) is 0.708. The van der Waals surface area contributed by atoms with Gasteiger partial charge in [0.25, 0.3) is 5.91 Å². The topological polar surface area (TPSA) is 77.4 Å². The maximum atomic E-state index is 12.8. The number of carbonyl (C=O) groups excluding carboxylic acids is 1. The Morgan fingerprint density at radius 1 is 1.07 bits per heavy atom. The van der Waals surface area contributed by atoms with Crippen molar-refractivity contribution in [2.24, 2.45) is 0 Å². The van der Waals surface area contributed by atoms with Crippen LogP contribution in [0.3, 0.4) is 0 Å². The molecular formula is C20H20N4O3. The minimum absolute atomic E-state index is 0.0122. The van der Waals surface area contributed by atoms with E-state index in [1.54, 1.807) is 18.3 Å². The molecular weight excluding hydrogens is 344 g/mol. The van der Waals surface area contributed by atoms with Crippen LogP contribution in [0.25, 0.3) is 10.9 Å². The van der Waals surface area contributed by atoms with Gasteiger partial charge in [-0.25, -0.2) is 9.97 Å². The highest BCUT2D eigenvalue weighted by atomic mass is 16.5. The van der Waals surface area contributed by atoms with Crippen LogP contribution in [0.4, 0.5) is 0 Å². The molecule has 0 atom stereocenters. The first kappa shape index (κ1) is 17.2. The van der Waals surface area contributed by atoms with Crippen LogP contribution in [0.5, 0.6) is 11.9 Å². The van der Waals surface area contributed by atoms with Crippen LogP contribution in [0.15, 0.2) is 48.7 Å². The van der Waals surface area contributed by atoms with Crippen LogP contribution in [0.2, 0.25) is 0 Å². The van der Waals surface area contributed by atoms with Crippen LogP contribution in [0, 0.1) is 0 Å². The third kappa shape index (κ3) is 3.81. The minimum Gasteiger partial charge on any atom is -0.474 e. The van der Waals surface area contributed by atoms with Gasteiger partial charge in [0.05, 0.1) is 12.6 Å². The molecule has 1 aromatic carbocycles. The Balaban J connectivity index is 1.38. The summed E-state index contributed by atoms with van der Waals surface area (Å²) in [7, 11) is 1.52. The molecule has 1 amide bonds. The van der Waals surface area contributed by atoms with E-state index in [0.29, 0.717) is 24.7 Å². The number of hydrogen-bond acceptors (Lipinski definition) is 6. The summed E-state index contributed by atoms with van der Waals surface area (Å²) in [6.45, 7) is 1.25. The highest BCUT2D eigenvalue weighted by Crippen LogP contribution is 2.20. The molecule has 3 heterocycles. The average Bonchev–Trinajstić information content (AvgIpc) is 2.73. The van der Waals surface area contributed by atoms with Gasteiger partial charge in [0.2, 0.25) is 5.88 Å². The van der Waals surface area contributed by atoms with E-state index in [1.807, 2.05) is 35.2 Å². The van der Waals surface area contributed by atoms with E-state index in [4.69, 9.17) is 9.47 Å². The number of fused-ring (bicyclic) bond motifs is 1. The fourth-order valence-corrected chi connectivity index (χ4v) is 3.18. The maximum absolute atomic E-state index is 12.8. The van der Waals surface area contributed by atoms with Crippen LogP contribution in [-0.2, 0) is 0 Å². The fourth-order valence-electron chi connectivity index (χ4n) is 3.18. The number of benzene rings is 1. The molecule has 7 nitrogen and oxygen atoms in total. The smallest absolute Gasteiger partial charge is 0.319 e. The summed E-state index contributed by atoms with van der Waals surface area (Å²) in [6, 6.07) is 13.5.